The molecule has 7 heteroatoms. The van der Waals surface area contributed by atoms with Crippen LogP contribution in [0.5, 0.6) is 5.75 Å². The topological polar surface area (TPSA) is 59.0 Å². The van der Waals surface area contributed by atoms with Crippen LogP contribution in [0.1, 0.15) is 57.1 Å². The molecule has 1 aliphatic carbocycles. The van der Waals surface area contributed by atoms with Gasteiger partial charge in [-0.1, -0.05) is 13.0 Å². The number of alkyl halides is 2. The highest BCUT2D eigenvalue weighted by molar-refractivity contribution is 6.38. The van der Waals surface area contributed by atoms with Gasteiger partial charge in [0.05, 0.1) is 6.54 Å². The fourth-order valence-corrected chi connectivity index (χ4v) is 2.99. The van der Waals surface area contributed by atoms with Crippen LogP contribution in [0.4, 0.5) is 14.5 Å². The summed E-state index contributed by atoms with van der Waals surface area (Å²) < 4.78 is 30.4. The summed E-state index contributed by atoms with van der Waals surface area (Å²) in [5.41, 5.74) is 1.99. The van der Waals surface area contributed by atoms with E-state index in [0.29, 0.717) is 24.4 Å². The van der Waals surface area contributed by atoms with Crippen molar-refractivity contribution in [2.24, 2.45) is 4.99 Å². The summed E-state index contributed by atoms with van der Waals surface area (Å²) in [6.45, 7) is 4.05. The number of nitrogens with zero attached hydrogens (tertiary/aromatic N) is 2. The van der Waals surface area contributed by atoms with Crippen LogP contribution < -0.4 is 4.74 Å². The number of hydrogen-bond acceptors (Lipinski definition) is 4. The summed E-state index contributed by atoms with van der Waals surface area (Å²) in [7, 11) is 0. The third kappa shape index (κ3) is 5.84. The minimum absolute atomic E-state index is 0.000472. The first kappa shape index (κ1) is 21.0. The van der Waals surface area contributed by atoms with Gasteiger partial charge in [0, 0.05) is 6.54 Å². The zero-order valence-corrected chi connectivity index (χ0v) is 16.2. The van der Waals surface area contributed by atoms with E-state index in [4.69, 9.17) is 0 Å². The van der Waals surface area contributed by atoms with Crippen molar-refractivity contribution in [1.29, 1.82) is 0 Å². The Balaban J connectivity index is 2.36. The average molecular weight is 380 g/mol. The van der Waals surface area contributed by atoms with E-state index in [2.05, 4.69) is 9.73 Å². The molecule has 1 amide bonds. The number of Topliss-reactive ketones (excluding diaryl/α,β-unsaturated/α-hetero) is 1. The number of aryl methyl sites for hydroxylation is 1. The zero-order valence-electron chi connectivity index (χ0n) is 16.2. The number of ketones is 1. The van der Waals surface area contributed by atoms with Gasteiger partial charge in [-0.15, -0.1) is 0 Å². The van der Waals surface area contributed by atoms with Crippen LogP contribution in [-0.4, -0.2) is 42.0 Å². The van der Waals surface area contributed by atoms with E-state index < -0.39 is 6.61 Å². The second-order valence-electron chi connectivity index (χ2n) is 6.96. The molecule has 27 heavy (non-hydrogen) atoms. The highest BCUT2D eigenvalue weighted by atomic mass is 19.3. The van der Waals surface area contributed by atoms with Crippen molar-refractivity contribution >= 4 is 23.1 Å². The Morgan fingerprint density at radius 3 is 2.48 bits per heavy atom. The predicted octanol–water partition coefficient (Wildman–Crippen LogP) is 4.39. The number of rotatable bonds is 9. The molecule has 0 unspecified atom stereocenters. The third-order valence-electron chi connectivity index (χ3n) is 4.34. The van der Waals surface area contributed by atoms with Crippen LogP contribution in [0.2, 0.25) is 0 Å². The fraction of sp³-hybridized carbons (Fsp3) is 0.550. The molecular formula is C20H26F2N2O3. The van der Waals surface area contributed by atoms with Crippen molar-refractivity contribution in [1.82, 2.24) is 4.90 Å². The first-order valence-corrected chi connectivity index (χ1v) is 9.16. The molecule has 0 atom stereocenters. The van der Waals surface area contributed by atoms with Crippen LogP contribution in [0.15, 0.2) is 17.1 Å². The van der Waals surface area contributed by atoms with Gasteiger partial charge in [0.25, 0.3) is 5.91 Å². The highest BCUT2D eigenvalue weighted by Crippen LogP contribution is 2.44. The molecule has 0 bridgehead atoms. The Labute approximate surface area is 158 Å². The molecule has 1 aromatic carbocycles. The van der Waals surface area contributed by atoms with E-state index in [1.165, 1.54) is 18.7 Å². The molecule has 0 spiro atoms. The van der Waals surface area contributed by atoms with Crippen LogP contribution in [0.3, 0.4) is 0 Å². The summed E-state index contributed by atoms with van der Waals surface area (Å²) in [5.74, 6) is -0.162. The first-order valence-electron chi connectivity index (χ1n) is 9.16. The van der Waals surface area contributed by atoms with Crippen LogP contribution in [0.25, 0.3) is 0 Å². The maximum atomic E-state index is 12.9. The number of ether oxygens (including phenoxy) is 1. The van der Waals surface area contributed by atoms with E-state index in [0.717, 1.165) is 18.4 Å². The molecule has 2 rings (SSSR count). The van der Waals surface area contributed by atoms with Crippen molar-refractivity contribution < 1.29 is 23.1 Å². The van der Waals surface area contributed by atoms with Crippen LogP contribution in [-0.2, 0) is 9.59 Å². The standard InChI is InChI=1S/C20H26F2N2O3/c1-5-8-24(11-13(3)25)19(26)14(4)23-18-12(2)9-16(15-6-7-15)10-17(18)27-20(21)22/h9-10,15,20H,5-8,11H2,1-4H3. The first-order chi connectivity index (χ1) is 12.7. The number of carbonyl (C=O) groups excluding carboxylic acids is 2. The molecule has 0 radical (unpaired) electrons. The summed E-state index contributed by atoms with van der Waals surface area (Å²) in [5, 5.41) is 0. The molecule has 1 aromatic rings. The Hall–Kier alpha value is -2.31. The van der Waals surface area contributed by atoms with E-state index in [9.17, 15) is 18.4 Å². The quantitative estimate of drug-likeness (QED) is 0.597. The van der Waals surface area contributed by atoms with Gasteiger partial charge in [-0.05, 0) is 63.1 Å². The number of benzene rings is 1. The Bertz CT molecular complexity index is 743. The van der Waals surface area contributed by atoms with Crippen molar-refractivity contribution in [3.8, 4) is 5.75 Å². The van der Waals surface area contributed by atoms with Gasteiger partial charge >= 0.3 is 6.61 Å². The lowest BCUT2D eigenvalue weighted by atomic mass is 10.0. The van der Waals surface area contributed by atoms with Gasteiger partial charge in [-0.3, -0.25) is 9.59 Å². The highest BCUT2D eigenvalue weighted by Gasteiger charge is 2.26. The average Bonchev–Trinajstić information content (AvgIpc) is 3.40. The molecule has 5 nitrogen and oxygen atoms in total. The van der Waals surface area contributed by atoms with Crippen LogP contribution >= 0.6 is 0 Å². The minimum Gasteiger partial charge on any atom is -0.433 e. The summed E-state index contributed by atoms with van der Waals surface area (Å²) in [6.07, 6.45) is 2.76. The fourth-order valence-electron chi connectivity index (χ4n) is 2.99. The van der Waals surface area contributed by atoms with Crippen LogP contribution in [0, 0.1) is 6.92 Å². The van der Waals surface area contributed by atoms with Crippen molar-refractivity contribution in [3.05, 3.63) is 23.3 Å². The van der Waals surface area contributed by atoms with E-state index in [1.54, 1.807) is 13.0 Å². The lowest BCUT2D eigenvalue weighted by molar-refractivity contribution is -0.129. The molecule has 0 saturated heterocycles. The largest absolute Gasteiger partial charge is 0.433 e. The number of hydrogen-bond donors (Lipinski definition) is 0. The molecule has 148 valence electrons. The van der Waals surface area contributed by atoms with Gasteiger partial charge in [-0.25, -0.2) is 4.99 Å². The summed E-state index contributed by atoms with van der Waals surface area (Å²) >= 11 is 0. The number of aliphatic imine (C=N–C) groups is 1. The molecule has 1 fully saturated rings. The van der Waals surface area contributed by atoms with Gasteiger partial charge in [0.1, 0.15) is 17.2 Å². The van der Waals surface area contributed by atoms with E-state index in [-0.39, 0.29) is 35.4 Å². The molecule has 1 saturated carbocycles. The second kappa shape index (κ2) is 9.06. The molecule has 0 N–H and O–H groups in total. The molecule has 0 aromatic heterocycles. The minimum atomic E-state index is -2.97. The smallest absolute Gasteiger partial charge is 0.387 e. The Kier molecular flexibility index (Phi) is 7.05. The van der Waals surface area contributed by atoms with E-state index in [1.807, 2.05) is 13.0 Å². The number of carbonyl (C=O) groups is 2. The number of amides is 1. The SMILES string of the molecule is CCCN(CC(C)=O)C(=O)C(C)=Nc1c(C)cc(C2CC2)cc1OC(F)F. The molecule has 0 heterocycles. The van der Waals surface area contributed by atoms with Gasteiger partial charge in [0.15, 0.2) is 5.75 Å². The zero-order chi connectivity index (χ0) is 20.1. The van der Waals surface area contributed by atoms with E-state index >= 15 is 0 Å². The third-order valence-corrected chi connectivity index (χ3v) is 4.34. The Morgan fingerprint density at radius 1 is 1.30 bits per heavy atom. The van der Waals surface area contributed by atoms with Gasteiger partial charge in [-0.2, -0.15) is 8.78 Å². The van der Waals surface area contributed by atoms with Gasteiger partial charge < -0.3 is 9.64 Å². The normalized spacial score (nSPS) is 14.4. The number of halogens is 2. The summed E-state index contributed by atoms with van der Waals surface area (Å²) in [4.78, 5) is 29.8. The van der Waals surface area contributed by atoms with Crippen molar-refractivity contribution in [2.45, 2.75) is 59.5 Å². The maximum Gasteiger partial charge on any atom is 0.387 e. The molecule has 1 aliphatic rings. The lowest BCUT2D eigenvalue weighted by Crippen LogP contribution is -2.39. The molecular weight excluding hydrogens is 354 g/mol. The van der Waals surface area contributed by atoms with Gasteiger partial charge in [0.2, 0.25) is 0 Å². The maximum absolute atomic E-state index is 12.9. The Morgan fingerprint density at radius 2 is 1.96 bits per heavy atom. The summed E-state index contributed by atoms with van der Waals surface area (Å²) in [6, 6.07) is 3.50. The molecule has 0 aliphatic heterocycles. The van der Waals surface area contributed by atoms with Crippen molar-refractivity contribution in [3.63, 3.8) is 0 Å². The second-order valence-corrected chi connectivity index (χ2v) is 6.96. The monoisotopic (exact) mass is 380 g/mol. The lowest BCUT2D eigenvalue weighted by Gasteiger charge is -2.21. The predicted molar refractivity (Wildman–Crippen MR) is 100 cm³/mol. The van der Waals surface area contributed by atoms with Crippen molar-refractivity contribution in [2.75, 3.05) is 13.1 Å².